The summed E-state index contributed by atoms with van der Waals surface area (Å²) < 4.78 is 11.2. The van der Waals surface area contributed by atoms with Crippen LogP contribution in [0.15, 0.2) is 28.8 Å². The Morgan fingerprint density at radius 1 is 1.33 bits per heavy atom. The highest BCUT2D eigenvalue weighted by molar-refractivity contribution is 6.32. The van der Waals surface area contributed by atoms with Crippen molar-refractivity contribution in [2.45, 2.75) is 38.2 Å². The van der Waals surface area contributed by atoms with Gasteiger partial charge in [-0.15, -0.1) is 0 Å². The molecule has 2 fully saturated rings. The number of nitrogens with zero attached hydrogens (tertiary/aromatic N) is 2. The molecule has 1 saturated carbocycles. The van der Waals surface area contributed by atoms with Crippen LogP contribution in [0.4, 0.5) is 0 Å². The topological polar surface area (TPSA) is 55.6 Å². The van der Waals surface area contributed by atoms with E-state index in [9.17, 15) is 4.79 Å². The molecule has 1 aliphatic heterocycles. The number of carbonyl (C=O) groups is 1. The summed E-state index contributed by atoms with van der Waals surface area (Å²) in [6.45, 7) is 3.03. The summed E-state index contributed by atoms with van der Waals surface area (Å²) in [4.78, 5) is 14.7. The first kappa shape index (κ1) is 15.5. The monoisotopic (exact) mass is 346 g/mol. The molecule has 24 heavy (non-hydrogen) atoms. The van der Waals surface area contributed by atoms with E-state index in [1.165, 1.54) is 0 Å². The Hall–Kier alpha value is -2.01. The second-order valence-electron chi connectivity index (χ2n) is 6.48. The van der Waals surface area contributed by atoms with E-state index in [0.717, 1.165) is 25.0 Å². The van der Waals surface area contributed by atoms with Crippen LogP contribution in [0.5, 0.6) is 5.75 Å². The van der Waals surface area contributed by atoms with Gasteiger partial charge in [0.25, 0.3) is 5.91 Å². The minimum absolute atomic E-state index is 0.000841. The lowest BCUT2D eigenvalue weighted by atomic mass is 10.1. The molecule has 2 aromatic rings. The molecule has 1 unspecified atom stereocenters. The third kappa shape index (κ3) is 2.88. The minimum atomic E-state index is -0.0432. The molecule has 1 atom stereocenters. The smallest absolute Gasteiger partial charge is 0.259 e. The second kappa shape index (κ2) is 6.13. The van der Waals surface area contributed by atoms with Gasteiger partial charge in [0.2, 0.25) is 0 Å². The summed E-state index contributed by atoms with van der Waals surface area (Å²) in [5.74, 6) is 1.66. The summed E-state index contributed by atoms with van der Waals surface area (Å²) in [6, 6.07) is 7.41. The standard InChI is InChI=1S/C18H19ClN2O3/c1-11-16(17(20-24-11)12-6-7-12)18(22)21-9-8-13(10-21)23-15-5-3-2-4-14(15)19/h2-5,12-13H,6-10H2,1H3. The molecule has 1 aromatic carbocycles. The molecule has 4 rings (SSSR count). The number of rotatable bonds is 4. The lowest BCUT2D eigenvalue weighted by molar-refractivity contribution is 0.0769. The van der Waals surface area contributed by atoms with Crippen molar-refractivity contribution in [3.05, 3.63) is 46.3 Å². The number of aryl methyl sites for hydroxylation is 1. The van der Waals surface area contributed by atoms with Gasteiger partial charge in [0.1, 0.15) is 23.2 Å². The Labute approximate surface area is 145 Å². The van der Waals surface area contributed by atoms with Crippen molar-refractivity contribution >= 4 is 17.5 Å². The van der Waals surface area contributed by atoms with Gasteiger partial charge in [-0.25, -0.2) is 0 Å². The number of para-hydroxylation sites is 1. The molecule has 2 aliphatic rings. The van der Waals surface area contributed by atoms with Crippen molar-refractivity contribution in [1.82, 2.24) is 10.1 Å². The SMILES string of the molecule is Cc1onc(C2CC2)c1C(=O)N1CCC(Oc2ccccc2Cl)C1. The van der Waals surface area contributed by atoms with Crippen molar-refractivity contribution in [3.63, 3.8) is 0 Å². The number of hydrogen-bond donors (Lipinski definition) is 0. The number of benzene rings is 1. The lowest BCUT2D eigenvalue weighted by Gasteiger charge is -2.18. The molecule has 126 valence electrons. The highest BCUT2D eigenvalue weighted by atomic mass is 35.5. The molecular weight excluding hydrogens is 328 g/mol. The van der Waals surface area contributed by atoms with Crippen LogP contribution in [0.2, 0.25) is 5.02 Å². The van der Waals surface area contributed by atoms with Crippen LogP contribution in [0, 0.1) is 6.92 Å². The molecule has 1 amide bonds. The Bertz CT molecular complexity index is 769. The molecule has 6 heteroatoms. The maximum atomic E-state index is 12.9. The highest BCUT2D eigenvalue weighted by Crippen LogP contribution is 2.42. The quantitative estimate of drug-likeness (QED) is 0.844. The van der Waals surface area contributed by atoms with Crippen molar-refractivity contribution < 1.29 is 14.1 Å². The van der Waals surface area contributed by atoms with Gasteiger partial charge in [-0.2, -0.15) is 0 Å². The molecule has 1 aromatic heterocycles. The van der Waals surface area contributed by atoms with Crippen LogP contribution >= 0.6 is 11.6 Å². The first-order valence-electron chi connectivity index (χ1n) is 8.30. The van der Waals surface area contributed by atoms with Crippen molar-refractivity contribution in [2.75, 3.05) is 13.1 Å². The highest BCUT2D eigenvalue weighted by Gasteiger charge is 2.37. The summed E-state index contributed by atoms with van der Waals surface area (Å²) in [5.41, 5.74) is 1.48. The average Bonchev–Trinajstić information content (AvgIpc) is 3.19. The predicted octanol–water partition coefficient (Wildman–Crippen LogP) is 3.81. The fourth-order valence-electron chi connectivity index (χ4n) is 3.17. The van der Waals surface area contributed by atoms with E-state index >= 15 is 0 Å². The van der Waals surface area contributed by atoms with E-state index in [4.69, 9.17) is 20.9 Å². The van der Waals surface area contributed by atoms with E-state index in [0.29, 0.717) is 41.1 Å². The Kier molecular flexibility index (Phi) is 3.96. The number of likely N-dealkylation sites (tertiary alicyclic amines) is 1. The maximum absolute atomic E-state index is 12.9. The lowest BCUT2D eigenvalue weighted by Crippen LogP contribution is -2.31. The summed E-state index contributed by atoms with van der Waals surface area (Å²) in [6.07, 6.45) is 2.92. The molecule has 0 bridgehead atoms. The number of halogens is 1. The fraction of sp³-hybridized carbons (Fsp3) is 0.444. The first-order chi connectivity index (χ1) is 11.6. The minimum Gasteiger partial charge on any atom is -0.487 e. The summed E-state index contributed by atoms with van der Waals surface area (Å²) >= 11 is 6.14. The molecule has 0 N–H and O–H groups in total. The first-order valence-corrected chi connectivity index (χ1v) is 8.68. The largest absolute Gasteiger partial charge is 0.487 e. The van der Waals surface area contributed by atoms with E-state index < -0.39 is 0 Å². The van der Waals surface area contributed by atoms with Gasteiger partial charge in [0.15, 0.2) is 0 Å². The van der Waals surface area contributed by atoms with Crippen LogP contribution in [-0.4, -0.2) is 35.2 Å². The number of aromatic nitrogens is 1. The van der Waals surface area contributed by atoms with Crippen molar-refractivity contribution in [2.24, 2.45) is 0 Å². The number of amides is 1. The van der Waals surface area contributed by atoms with Gasteiger partial charge in [-0.3, -0.25) is 4.79 Å². The third-order valence-electron chi connectivity index (χ3n) is 4.63. The maximum Gasteiger partial charge on any atom is 0.259 e. The van der Waals surface area contributed by atoms with Crippen LogP contribution in [0.1, 0.15) is 47.0 Å². The molecule has 0 radical (unpaired) electrons. The zero-order valence-electron chi connectivity index (χ0n) is 13.5. The Balaban J connectivity index is 1.46. The summed E-state index contributed by atoms with van der Waals surface area (Å²) in [7, 11) is 0. The van der Waals surface area contributed by atoms with Crippen molar-refractivity contribution in [1.29, 1.82) is 0 Å². The zero-order chi connectivity index (χ0) is 16.7. The molecule has 1 aliphatic carbocycles. The molecule has 0 spiro atoms. The summed E-state index contributed by atoms with van der Waals surface area (Å²) in [5, 5.41) is 4.69. The normalized spacial score (nSPS) is 20.4. The van der Waals surface area contributed by atoms with Gasteiger partial charge >= 0.3 is 0 Å². The molecule has 1 saturated heterocycles. The Morgan fingerprint density at radius 2 is 2.12 bits per heavy atom. The van der Waals surface area contributed by atoms with Crippen molar-refractivity contribution in [3.8, 4) is 5.75 Å². The van der Waals surface area contributed by atoms with Crippen LogP contribution in [0.3, 0.4) is 0 Å². The van der Waals surface area contributed by atoms with Gasteiger partial charge in [-0.1, -0.05) is 28.9 Å². The number of carbonyl (C=O) groups excluding carboxylic acids is 1. The third-order valence-corrected chi connectivity index (χ3v) is 4.94. The Morgan fingerprint density at radius 3 is 2.88 bits per heavy atom. The second-order valence-corrected chi connectivity index (χ2v) is 6.89. The average molecular weight is 347 g/mol. The van der Waals surface area contributed by atoms with E-state index in [1.807, 2.05) is 23.1 Å². The fourth-order valence-corrected chi connectivity index (χ4v) is 3.35. The van der Waals surface area contributed by atoms with Crippen LogP contribution < -0.4 is 4.74 Å². The van der Waals surface area contributed by atoms with Gasteiger partial charge in [-0.05, 0) is 31.9 Å². The number of ether oxygens (including phenoxy) is 1. The van der Waals surface area contributed by atoms with Gasteiger partial charge < -0.3 is 14.2 Å². The van der Waals surface area contributed by atoms with Gasteiger partial charge in [0, 0.05) is 18.9 Å². The van der Waals surface area contributed by atoms with E-state index in [1.54, 1.807) is 13.0 Å². The molecule has 2 heterocycles. The van der Waals surface area contributed by atoms with Gasteiger partial charge in [0.05, 0.1) is 17.3 Å². The predicted molar refractivity (Wildman–Crippen MR) is 89.6 cm³/mol. The van der Waals surface area contributed by atoms with E-state index in [2.05, 4.69) is 5.16 Å². The van der Waals surface area contributed by atoms with Crippen LogP contribution in [0.25, 0.3) is 0 Å². The number of hydrogen-bond acceptors (Lipinski definition) is 4. The van der Waals surface area contributed by atoms with E-state index in [-0.39, 0.29) is 12.0 Å². The zero-order valence-corrected chi connectivity index (χ0v) is 14.3. The molecule has 5 nitrogen and oxygen atoms in total. The van der Waals surface area contributed by atoms with Crippen LogP contribution in [-0.2, 0) is 0 Å². The molecular formula is C18H19ClN2O3.